The molecule has 1 atom stereocenters. The molecule has 1 unspecified atom stereocenters. The summed E-state index contributed by atoms with van der Waals surface area (Å²) in [6, 6.07) is 10.6. The maximum Gasteiger partial charge on any atom is 0.191 e. The third kappa shape index (κ3) is 8.93. The van der Waals surface area contributed by atoms with Gasteiger partial charge in [0.05, 0.1) is 6.61 Å². The number of guanidine groups is 1. The average molecular weight is 405 g/mol. The summed E-state index contributed by atoms with van der Waals surface area (Å²) in [6.45, 7) is 7.40. The Morgan fingerprint density at radius 3 is 2.48 bits per heavy atom. The first-order valence-corrected chi connectivity index (χ1v) is 7.35. The van der Waals surface area contributed by atoms with Crippen molar-refractivity contribution in [2.75, 3.05) is 33.4 Å². The van der Waals surface area contributed by atoms with Crippen molar-refractivity contribution in [3.05, 3.63) is 35.9 Å². The second-order valence-corrected chi connectivity index (χ2v) is 4.72. The highest BCUT2D eigenvalue weighted by molar-refractivity contribution is 14.0. The Bertz CT molecular complexity index is 384. The van der Waals surface area contributed by atoms with Crippen LogP contribution in [0.25, 0.3) is 0 Å². The molecule has 2 N–H and O–H groups in total. The molecule has 0 spiro atoms. The van der Waals surface area contributed by atoms with Crippen LogP contribution in [0.4, 0.5) is 0 Å². The number of aliphatic imine (C=N–C) groups is 1. The van der Waals surface area contributed by atoms with Crippen LogP contribution in [-0.4, -0.2) is 39.3 Å². The molecule has 0 aliphatic rings. The predicted octanol–water partition coefficient (Wildman–Crippen LogP) is 3.00. The van der Waals surface area contributed by atoms with Crippen LogP contribution in [0.2, 0.25) is 0 Å². The van der Waals surface area contributed by atoms with Gasteiger partial charge in [0.2, 0.25) is 0 Å². The van der Waals surface area contributed by atoms with Crippen molar-refractivity contribution in [2.24, 2.45) is 4.99 Å². The summed E-state index contributed by atoms with van der Waals surface area (Å²) in [5.74, 6) is 1.38. The van der Waals surface area contributed by atoms with Crippen LogP contribution >= 0.6 is 24.0 Å². The molecule has 1 rings (SSSR count). The number of hydrogen-bond acceptors (Lipinski definition) is 2. The van der Waals surface area contributed by atoms with Crippen LogP contribution in [-0.2, 0) is 4.74 Å². The van der Waals surface area contributed by atoms with Crippen LogP contribution < -0.4 is 10.6 Å². The normalized spacial score (nSPS) is 12.4. The van der Waals surface area contributed by atoms with E-state index >= 15 is 0 Å². The minimum absolute atomic E-state index is 0. The Labute approximate surface area is 145 Å². The molecule has 0 heterocycles. The number of nitrogens with zero attached hydrogens (tertiary/aromatic N) is 1. The van der Waals surface area contributed by atoms with Crippen LogP contribution in [0.5, 0.6) is 0 Å². The molecule has 120 valence electrons. The first kappa shape index (κ1) is 20.2. The zero-order valence-corrected chi connectivity index (χ0v) is 15.6. The highest BCUT2D eigenvalue weighted by Crippen LogP contribution is 2.17. The number of hydrogen-bond donors (Lipinski definition) is 2. The molecule has 0 aliphatic carbocycles. The van der Waals surface area contributed by atoms with E-state index in [2.05, 4.69) is 52.9 Å². The maximum absolute atomic E-state index is 5.28. The van der Waals surface area contributed by atoms with E-state index in [1.165, 1.54) is 5.56 Å². The van der Waals surface area contributed by atoms with E-state index in [0.29, 0.717) is 12.5 Å². The van der Waals surface area contributed by atoms with E-state index in [1.54, 1.807) is 7.05 Å². The molecule has 0 fully saturated rings. The number of nitrogens with one attached hydrogen (secondary N) is 2. The Kier molecular flexibility index (Phi) is 12.4. The van der Waals surface area contributed by atoms with Gasteiger partial charge >= 0.3 is 0 Å². The quantitative estimate of drug-likeness (QED) is 0.303. The average Bonchev–Trinajstić information content (AvgIpc) is 2.50. The monoisotopic (exact) mass is 405 g/mol. The van der Waals surface area contributed by atoms with E-state index in [0.717, 1.165) is 32.1 Å². The van der Waals surface area contributed by atoms with Gasteiger partial charge in [-0.3, -0.25) is 4.99 Å². The van der Waals surface area contributed by atoms with Crippen molar-refractivity contribution in [1.82, 2.24) is 10.6 Å². The van der Waals surface area contributed by atoms with Gasteiger partial charge in [0.15, 0.2) is 5.96 Å². The second kappa shape index (κ2) is 12.9. The first-order chi connectivity index (χ1) is 9.77. The zero-order valence-electron chi connectivity index (χ0n) is 13.3. The van der Waals surface area contributed by atoms with Crippen LogP contribution in [0.1, 0.15) is 31.7 Å². The Balaban J connectivity index is 0.00000400. The lowest BCUT2D eigenvalue weighted by atomic mass is 9.98. The zero-order chi connectivity index (χ0) is 14.6. The van der Waals surface area contributed by atoms with E-state index in [-0.39, 0.29) is 24.0 Å². The molecule has 0 bridgehead atoms. The molecule has 4 nitrogen and oxygen atoms in total. The molecular weight excluding hydrogens is 377 g/mol. The third-order valence-corrected chi connectivity index (χ3v) is 3.20. The van der Waals surface area contributed by atoms with Gasteiger partial charge in [0.1, 0.15) is 0 Å². The standard InChI is InChI=1S/C16H27N3O.HI/c1-4-20-13-12-19-16(17-3)18-11-10-14(2)15-8-6-5-7-9-15;/h5-9,14H,4,10-13H2,1-3H3,(H2,17,18,19);1H. The van der Waals surface area contributed by atoms with Gasteiger partial charge in [0.25, 0.3) is 0 Å². The fraction of sp³-hybridized carbons (Fsp3) is 0.562. The largest absolute Gasteiger partial charge is 0.380 e. The summed E-state index contributed by atoms with van der Waals surface area (Å²) >= 11 is 0. The molecule has 0 aliphatic heterocycles. The van der Waals surface area contributed by atoms with Crippen molar-refractivity contribution in [1.29, 1.82) is 0 Å². The predicted molar refractivity (Wildman–Crippen MR) is 101 cm³/mol. The maximum atomic E-state index is 5.28. The lowest BCUT2D eigenvalue weighted by Crippen LogP contribution is -2.39. The molecule has 0 aromatic heterocycles. The highest BCUT2D eigenvalue weighted by Gasteiger charge is 2.05. The number of ether oxygens (including phenoxy) is 1. The number of halogens is 1. The van der Waals surface area contributed by atoms with Crippen molar-refractivity contribution in [3.63, 3.8) is 0 Å². The van der Waals surface area contributed by atoms with Crippen LogP contribution in [0, 0.1) is 0 Å². The molecule has 1 aromatic carbocycles. The third-order valence-electron chi connectivity index (χ3n) is 3.20. The smallest absolute Gasteiger partial charge is 0.191 e. The highest BCUT2D eigenvalue weighted by atomic mass is 127. The Morgan fingerprint density at radius 1 is 1.19 bits per heavy atom. The molecule has 21 heavy (non-hydrogen) atoms. The topological polar surface area (TPSA) is 45.6 Å². The minimum atomic E-state index is 0. The molecular formula is C16H28IN3O. The second-order valence-electron chi connectivity index (χ2n) is 4.72. The van der Waals surface area contributed by atoms with Gasteiger partial charge in [0, 0.05) is 26.7 Å². The minimum Gasteiger partial charge on any atom is -0.380 e. The van der Waals surface area contributed by atoms with Gasteiger partial charge < -0.3 is 15.4 Å². The summed E-state index contributed by atoms with van der Waals surface area (Å²) in [7, 11) is 1.79. The SMILES string of the molecule is CCOCCNC(=NC)NCCC(C)c1ccccc1.I. The summed E-state index contributed by atoms with van der Waals surface area (Å²) in [6.07, 6.45) is 1.08. The van der Waals surface area contributed by atoms with Crippen molar-refractivity contribution < 1.29 is 4.74 Å². The van der Waals surface area contributed by atoms with Gasteiger partial charge in [-0.2, -0.15) is 0 Å². The molecule has 1 aromatic rings. The molecule has 0 saturated heterocycles. The van der Waals surface area contributed by atoms with Gasteiger partial charge in [-0.15, -0.1) is 24.0 Å². The fourth-order valence-corrected chi connectivity index (χ4v) is 1.96. The summed E-state index contributed by atoms with van der Waals surface area (Å²) in [4.78, 5) is 4.19. The Hall–Kier alpha value is -0.820. The number of rotatable bonds is 8. The molecule has 0 amide bonds. The Morgan fingerprint density at radius 2 is 1.86 bits per heavy atom. The van der Waals surface area contributed by atoms with Crippen LogP contribution in [0.15, 0.2) is 35.3 Å². The van der Waals surface area contributed by atoms with E-state index in [4.69, 9.17) is 4.74 Å². The van der Waals surface area contributed by atoms with E-state index < -0.39 is 0 Å². The van der Waals surface area contributed by atoms with Crippen molar-refractivity contribution in [2.45, 2.75) is 26.2 Å². The summed E-state index contributed by atoms with van der Waals surface area (Å²) in [5, 5.41) is 6.56. The number of benzene rings is 1. The molecule has 0 radical (unpaired) electrons. The first-order valence-electron chi connectivity index (χ1n) is 7.35. The van der Waals surface area contributed by atoms with E-state index in [9.17, 15) is 0 Å². The molecule has 0 saturated carbocycles. The summed E-state index contributed by atoms with van der Waals surface area (Å²) in [5.41, 5.74) is 1.38. The molecule has 5 heteroatoms. The summed E-state index contributed by atoms with van der Waals surface area (Å²) < 4.78 is 5.28. The van der Waals surface area contributed by atoms with Gasteiger partial charge in [-0.1, -0.05) is 37.3 Å². The van der Waals surface area contributed by atoms with Crippen LogP contribution in [0.3, 0.4) is 0 Å². The lowest BCUT2D eigenvalue weighted by molar-refractivity contribution is 0.152. The van der Waals surface area contributed by atoms with E-state index in [1.807, 2.05) is 6.92 Å². The van der Waals surface area contributed by atoms with Gasteiger partial charge in [-0.25, -0.2) is 0 Å². The lowest BCUT2D eigenvalue weighted by Gasteiger charge is -2.15. The van der Waals surface area contributed by atoms with Crippen molar-refractivity contribution in [3.8, 4) is 0 Å². The van der Waals surface area contributed by atoms with Crippen molar-refractivity contribution >= 4 is 29.9 Å². The van der Waals surface area contributed by atoms with Gasteiger partial charge in [-0.05, 0) is 24.8 Å². The fourth-order valence-electron chi connectivity index (χ4n) is 1.96.